The molecule has 0 saturated carbocycles. The Morgan fingerprint density at radius 2 is 1.74 bits per heavy atom. The van der Waals surface area contributed by atoms with E-state index in [4.69, 9.17) is 51.8 Å². The summed E-state index contributed by atoms with van der Waals surface area (Å²) in [4.78, 5) is 23.6. The molecule has 0 aliphatic heterocycles. The summed E-state index contributed by atoms with van der Waals surface area (Å²) < 4.78 is 3.11. The van der Waals surface area contributed by atoms with E-state index in [9.17, 15) is 9.59 Å². The van der Waals surface area contributed by atoms with Crippen LogP contribution in [0.4, 0.5) is 5.69 Å². The van der Waals surface area contributed by atoms with E-state index < -0.39 is 15.9 Å². The summed E-state index contributed by atoms with van der Waals surface area (Å²) >= 11 is 23.0. The highest BCUT2D eigenvalue weighted by Crippen LogP contribution is 2.29. The third-order valence-corrected chi connectivity index (χ3v) is 4.03. The zero-order valence-corrected chi connectivity index (χ0v) is 18.2. The van der Waals surface area contributed by atoms with Crippen molar-refractivity contribution in [2.24, 2.45) is 5.92 Å². The zero-order chi connectivity index (χ0) is 20.6. The molecule has 1 amide bonds. The number of amides is 1. The Balaban J connectivity index is 2.71. The van der Waals surface area contributed by atoms with E-state index in [0.717, 1.165) is 0 Å². The molecule has 0 spiro atoms. The van der Waals surface area contributed by atoms with Gasteiger partial charge in [-0.3, -0.25) is 4.79 Å². The molecule has 10 heteroatoms. The highest BCUT2D eigenvalue weighted by molar-refractivity contribution is 7.80. The molecular weight excluding hydrogens is 433 g/mol. The number of anilines is 1. The minimum atomic E-state index is -1.81. The lowest BCUT2D eigenvalue weighted by Gasteiger charge is -2.28. The van der Waals surface area contributed by atoms with Crippen LogP contribution in [0.25, 0.3) is 0 Å². The Morgan fingerprint density at radius 1 is 1.15 bits per heavy atom. The molecule has 0 bridgehead atoms. The number of carbonyl (C=O) groups excluding carboxylic acids is 2. The van der Waals surface area contributed by atoms with E-state index in [2.05, 4.69) is 16.0 Å². The molecule has 1 unspecified atom stereocenters. The van der Waals surface area contributed by atoms with Crippen molar-refractivity contribution in [1.82, 2.24) is 10.6 Å². The van der Waals surface area contributed by atoms with Crippen LogP contribution >= 0.6 is 47.0 Å². The van der Waals surface area contributed by atoms with Gasteiger partial charge in [0.25, 0.3) is 0 Å². The first kappa shape index (κ1) is 23.8. The van der Waals surface area contributed by atoms with Crippen molar-refractivity contribution in [2.75, 3.05) is 11.9 Å². The van der Waals surface area contributed by atoms with Crippen LogP contribution in [0.3, 0.4) is 0 Å². The maximum Gasteiger partial charge on any atom is 0.338 e. The van der Waals surface area contributed by atoms with Crippen LogP contribution in [0.15, 0.2) is 24.3 Å². The Morgan fingerprint density at radius 3 is 2.22 bits per heavy atom. The van der Waals surface area contributed by atoms with Crippen molar-refractivity contribution in [3.05, 3.63) is 29.8 Å². The fourth-order valence-corrected chi connectivity index (χ4v) is 2.56. The molecule has 0 radical (unpaired) electrons. The first-order valence-electron chi connectivity index (χ1n) is 8.23. The molecule has 1 atom stereocenters. The highest BCUT2D eigenvalue weighted by atomic mass is 35.6. The van der Waals surface area contributed by atoms with Gasteiger partial charge in [0, 0.05) is 12.1 Å². The van der Waals surface area contributed by atoms with Gasteiger partial charge in [-0.15, -0.1) is 0 Å². The lowest BCUT2D eigenvalue weighted by molar-refractivity contribution is -0.122. The summed E-state index contributed by atoms with van der Waals surface area (Å²) in [5.41, 5.74) is 1.03. The molecule has 0 aliphatic carbocycles. The number of ether oxygens (including phenoxy) is 1. The highest BCUT2D eigenvalue weighted by Gasteiger charge is 2.34. The number of hydrogen-bond acceptors (Lipinski definition) is 4. The molecule has 0 heterocycles. The Bertz CT molecular complexity index is 664. The monoisotopic (exact) mass is 453 g/mol. The van der Waals surface area contributed by atoms with Crippen LogP contribution in [-0.4, -0.2) is 33.6 Å². The normalized spacial score (nSPS) is 12.3. The molecule has 27 heavy (non-hydrogen) atoms. The molecule has 0 aromatic heterocycles. The van der Waals surface area contributed by atoms with Gasteiger partial charge in [0.2, 0.25) is 9.70 Å². The van der Waals surface area contributed by atoms with Crippen molar-refractivity contribution in [2.45, 2.75) is 37.2 Å². The van der Waals surface area contributed by atoms with Gasteiger partial charge in [0.1, 0.15) is 6.17 Å². The quantitative estimate of drug-likeness (QED) is 0.250. The van der Waals surface area contributed by atoms with E-state index in [0.29, 0.717) is 17.9 Å². The second-order valence-electron chi connectivity index (χ2n) is 6.04. The smallest absolute Gasteiger partial charge is 0.338 e. The van der Waals surface area contributed by atoms with Crippen LogP contribution < -0.4 is 16.0 Å². The fraction of sp³-hybridized carbons (Fsp3) is 0.471. The Hall–Kier alpha value is -1.28. The maximum absolute atomic E-state index is 12.0. The molecule has 1 rings (SSSR count). The average molecular weight is 455 g/mol. The van der Waals surface area contributed by atoms with Crippen LogP contribution in [0.5, 0.6) is 0 Å². The number of nitrogens with one attached hydrogen (secondary N) is 3. The third kappa shape index (κ3) is 8.97. The van der Waals surface area contributed by atoms with Crippen molar-refractivity contribution in [3.8, 4) is 0 Å². The first-order valence-corrected chi connectivity index (χ1v) is 9.78. The van der Waals surface area contributed by atoms with Crippen molar-refractivity contribution >= 4 is 69.7 Å². The summed E-state index contributed by atoms with van der Waals surface area (Å²) in [5, 5.41) is 8.41. The van der Waals surface area contributed by atoms with E-state index in [1.54, 1.807) is 31.2 Å². The topological polar surface area (TPSA) is 79.5 Å². The van der Waals surface area contributed by atoms with Gasteiger partial charge in [-0.05, 0) is 49.3 Å². The fourth-order valence-electron chi connectivity index (χ4n) is 1.99. The molecule has 6 nitrogen and oxygen atoms in total. The van der Waals surface area contributed by atoms with E-state index in [1.807, 2.05) is 13.8 Å². The Labute approximate surface area is 179 Å². The Kier molecular flexibility index (Phi) is 9.59. The predicted molar refractivity (Wildman–Crippen MR) is 113 cm³/mol. The van der Waals surface area contributed by atoms with Gasteiger partial charge < -0.3 is 20.7 Å². The van der Waals surface area contributed by atoms with Crippen molar-refractivity contribution in [1.29, 1.82) is 0 Å². The van der Waals surface area contributed by atoms with Gasteiger partial charge in [-0.25, -0.2) is 4.79 Å². The number of esters is 1. The van der Waals surface area contributed by atoms with Crippen molar-refractivity contribution < 1.29 is 14.3 Å². The molecular formula is C17H22Cl3N3O3S. The SMILES string of the molecule is CCOC(=O)c1ccc(NC(=S)NC(NC(=O)CC(C)C)C(Cl)(Cl)Cl)cc1. The summed E-state index contributed by atoms with van der Waals surface area (Å²) in [5.74, 6) is -0.520. The average Bonchev–Trinajstić information content (AvgIpc) is 2.53. The number of alkyl halides is 3. The second-order valence-corrected chi connectivity index (χ2v) is 8.81. The standard InChI is InChI=1S/C17H22Cl3N3O3S/c1-4-26-14(25)11-5-7-12(8-6-11)21-16(27)23-15(17(18,19)20)22-13(24)9-10(2)3/h5-8,10,15H,4,9H2,1-3H3,(H,22,24)(H2,21,23,27). The number of benzene rings is 1. The maximum atomic E-state index is 12.0. The number of hydrogen-bond donors (Lipinski definition) is 3. The number of carbonyl (C=O) groups is 2. The van der Waals surface area contributed by atoms with Crippen LogP contribution in [0.1, 0.15) is 37.6 Å². The van der Waals surface area contributed by atoms with Crippen LogP contribution in [-0.2, 0) is 9.53 Å². The number of thiocarbonyl (C=S) groups is 1. The predicted octanol–water partition coefficient (Wildman–Crippen LogP) is 4.01. The van der Waals surface area contributed by atoms with E-state index in [1.165, 1.54) is 0 Å². The lowest BCUT2D eigenvalue weighted by Crippen LogP contribution is -2.56. The van der Waals surface area contributed by atoms with E-state index >= 15 is 0 Å². The molecule has 150 valence electrons. The zero-order valence-electron chi connectivity index (χ0n) is 15.1. The molecule has 0 saturated heterocycles. The first-order chi connectivity index (χ1) is 12.5. The number of rotatable bonds is 7. The molecule has 0 aliphatic rings. The largest absolute Gasteiger partial charge is 0.462 e. The third-order valence-electron chi connectivity index (χ3n) is 3.16. The number of halogens is 3. The van der Waals surface area contributed by atoms with Gasteiger partial charge in [0.15, 0.2) is 5.11 Å². The lowest BCUT2D eigenvalue weighted by atomic mass is 10.1. The van der Waals surface area contributed by atoms with Gasteiger partial charge in [-0.2, -0.15) is 0 Å². The van der Waals surface area contributed by atoms with Crippen molar-refractivity contribution in [3.63, 3.8) is 0 Å². The summed E-state index contributed by atoms with van der Waals surface area (Å²) in [6.07, 6.45) is -0.735. The summed E-state index contributed by atoms with van der Waals surface area (Å²) in [6.45, 7) is 5.85. The van der Waals surface area contributed by atoms with Gasteiger partial charge >= 0.3 is 5.97 Å². The summed E-state index contributed by atoms with van der Waals surface area (Å²) in [7, 11) is 0. The second kappa shape index (κ2) is 10.9. The molecule has 1 aromatic carbocycles. The minimum absolute atomic E-state index is 0.139. The molecule has 3 N–H and O–H groups in total. The van der Waals surface area contributed by atoms with Gasteiger partial charge in [0.05, 0.1) is 12.2 Å². The molecule has 0 fully saturated rings. The van der Waals surface area contributed by atoms with Gasteiger partial charge in [-0.1, -0.05) is 48.7 Å². The summed E-state index contributed by atoms with van der Waals surface area (Å²) in [6, 6.07) is 6.50. The van der Waals surface area contributed by atoms with Crippen LogP contribution in [0, 0.1) is 5.92 Å². The molecule has 1 aromatic rings. The minimum Gasteiger partial charge on any atom is -0.462 e. The van der Waals surface area contributed by atoms with E-state index in [-0.39, 0.29) is 23.4 Å². The van der Waals surface area contributed by atoms with Crippen LogP contribution in [0.2, 0.25) is 0 Å².